The third kappa shape index (κ3) is 10.4. The molecule has 0 radical (unpaired) electrons. The Morgan fingerprint density at radius 3 is 2.68 bits per heavy atom. The largest absolute Gasteiger partial charge is 0.381 e. The van der Waals surface area contributed by atoms with Crippen LogP contribution in [0.5, 0.6) is 0 Å². The van der Waals surface area contributed by atoms with Crippen molar-refractivity contribution >= 4 is 41.3 Å². The molecule has 0 saturated carbocycles. The lowest BCUT2D eigenvalue weighted by Crippen LogP contribution is -2.38. The second kappa shape index (κ2) is 13.1. The third-order valence-corrected chi connectivity index (χ3v) is 3.73. The van der Waals surface area contributed by atoms with E-state index in [0.717, 1.165) is 45.2 Å². The predicted molar refractivity (Wildman–Crippen MR) is 108 cm³/mol. The summed E-state index contributed by atoms with van der Waals surface area (Å²) in [6.07, 6.45) is 0.995. The summed E-state index contributed by atoms with van der Waals surface area (Å²) in [5.74, 6) is 1.48. The van der Waals surface area contributed by atoms with Crippen LogP contribution in [0.2, 0.25) is 0 Å². The van der Waals surface area contributed by atoms with Gasteiger partial charge in [-0.2, -0.15) is 0 Å². The maximum absolute atomic E-state index is 5.57. The van der Waals surface area contributed by atoms with Crippen molar-refractivity contribution in [2.75, 3.05) is 26.3 Å². The van der Waals surface area contributed by atoms with Gasteiger partial charge in [0.05, 0.1) is 6.54 Å². The highest BCUT2D eigenvalue weighted by molar-refractivity contribution is 14.0. The van der Waals surface area contributed by atoms with Crippen molar-refractivity contribution in [1.82, 2.24) is 10.6 Å². The molecule has 0 atom stereocenters. The molecule has 1 aromatic rings. The smallest absolute Gasteiger partial charge is 0.191 e. The Bertz CT molecular complexity index is 421. The second-order valence-corrected chi connectivity index (χ2v) is 6.83. The van der Waals surface area contributed by atoms with Crippen molar-refractivity contribution in [1.29, 1.82) is 0 Å². The number of aryl methyl sites for hydroxylation is 1. The van der Waals surface area contributed by atoms with Crippen LogP contribution in [0.25, 0.3) is 0 Å². The highest BCUT2D eigenvalue weighted by atomic mass is 127. The Kier molecular flexibility index (Phi) is 12.9. The number of aliphatic imine (C=N–C) groups is 1. The van der Waals surface area contributed by atoms with E-state index in [4.69, 9.17) is 4.74 Å². The van der Waals surface area contributed by atoms with Crippen LogP contribution >= 0.6 is 35.3 Å². The van der Waals surface area contributed by atoms with E-state index >= 15 is 0 Å². The number of thiophene rings is 1. The zero-order valence-electron chi connectivity index (χ0n) is 14.1. The van der Waals surface area contributed by atoms with Gasteiger partial charge in [-0.25, -0.2) is 4.99 Å². The van der Waals surface area contributed by atoms with Crippen molar-refractivity contribution in [2.24, 2.45) is 10.9 Å². The summed E-state index contributed by atoms with van der Waals surface area (Å²) in [7, 11) is 0. The average molecular weight is 439 g/mol. The normalized spacial score (nSPS) is 11.4. The van der Waals surface area contributed by atoms with Crippen LogP contribution in [0, 0.1) is 12.8 Å². The van der Waals surface area contributed by atoms with E-state index in [-0.39, 0.29) is 24.0 Å². The van der Waals surface area contributed by atoms with Gasteiger partial charge in [-0.05, 0) is 38.3 Å². The first kappa shape index (κ1) is 21.7. The van der Waals surface area contributed by atoms with E-state index in [1.807, 2.05) is 0 Å². The summed E-state index contributed by atoms with van der Waals surface area (Å²) in [6.45, 7) is 12.7. The zero-order chi connectivity index (χ0) is 15.5. The fourth-order valence-electron chi connectivity index (χ4n) is 1.77. The highest BCUT2D eigenvalue weighted by Crippen LogP contribution is 2.15. The van der Waals surface area contributed by atoms with Gasteiger partial charge in [0.15, 0.2) is 5.96 Å². The number of hydrogen-bond acceptors (Lipinski definition) is 3. The quantitative estimate of drug-likeness (QED) is 0.266. The van der Waals surface area contributed by atoms with Gasteiger partial charge in [0.25, 0.3) is 0 Å². The van der Waals surface area contributed by atoms with Crippen LogP contribution in [0.3, 0.4) is 0 Å². The molecule has 6 heteroatoms. The van der Waals surface area contributed by atoms with Gasteiger partial charge < -0.3 is 15.4 Å². The molecule has 128 valence electrons. The number of rotatable bonds is 9. The number of nitrogens with zero attached hydrogens (tertiary/aromatic N) is 1. The molecular formula is C16H30IN3OS. The number of halogens is 1. The molecule has 2 N–H and O–H groups in total. The van der Waals surface area contributed by atoms with Crippen LogP contribution in [0.1, 0.15) is 36.9 Å². The maximum Gasteiger partial charge on any atom is 0.191 e. The highest BCUT2D eigenvalue weighted by Gasteiger charge is 1.99. The Labute approximate surface area is 156 Å². The lowest BCUT2D eigenvalue weighted by atomic mass is 10.2. The lowest BCUT2D eigenvalue weighted by molar-refractivity contribution is 0.108. The summed E-state index contributed by atoms with van der Waals surface area (Å²) in [6, 6.07) is 4.29. The van der Waals surface area contributed by atoms with E-state index in [9.17, 15) is 0 Å². The van der Waals surface area contributed by atoms with Crippen molar-refractivity contribution in [2.45, 2.75) is 40.7 Å². The SMILES string of the molecule is CCNC(=NCc1ccc(C)s1)NCCCOCC(C)C.I. The van der Waals surface area contributed by atoms with Crippen LogP contribution < -0.4 is 10.6 Å². The van der Waals surface area contributed by atoms with Gasteiger partial charge in [0, 0.05) is 36.1 Å². The zero-order valence-corrected chi connectivity index (χ0v) is 17.3. The average Bonchev–Trinajstić information content (AvgIpc) is 2.85. The summed E-state index contributed by atoms with van der Waals surface area (Å²) >= 11 is 1.80. The number of nitrogens with one attached hydrogen (secondary N) is 2. The molecule has 0 saturated heterocycles. The van der Waals surface area contributed by atoms with Crippen molar-refractivity contribution in [3.63, 3.8) is 0 Å². The first-order valence-corrected chi connectivity index (χ1v) is 8.58. The summed E-state index contributed by atoms with van der Waals surface area (Å²) in [5, 5.41) is 6.62. The van der Waals surface area contributed by atoms with Gasteiger partial charge in [-0.1, -0.05) is 13.8 Å². The van der Waals surface area contributed by atoms with E-state index < -0.39 is 0 Å². The van der Waals surface area contributed by atoms with E-state index in [2.05, 4.69) is 55.5 Å². The van der Waals surface area contributed by atoms with Crippen molar-refractivity contribution < 1.29 is 4.74 Å². The molecule has 0 aliphatic rings. The van der Waals surface area contributed by atoms with E-state index in [1.54, 1.807) is 11.3 Å². The van der Waals surface area contributed by atoms with Crippen LogP contribution in [-0.4, -0.2) is 32.3 Å². The molecule has 0 aliphatic heterocycles. The monoisotopic (exact) mass is 439 g/mol. The van der Waals surface area contributed by atoms with Gasteiger partial charge in [-0.15, -0.1) is 35.3 Å². The predicted octanol–water partition coefficient (Wildman–Crippen LogP) is 3.79. The molecule has 1 heterocycles. The minimum atomic E-state index is 0. The van der Waals surface area contributed by atoms with E-state index in [1.165, 1.54) is 9.75 Å². The minimum absolute atomic E-state index is 0. The second-order valence-electron chi connectivity index (χ2n) is 5.46. The molecule has 0 fully saturated rings. The van der Waals surface area contributed by atoms with Crippen molar-refractivity contribution in [3.05, 3.63) is 21.9 Å². The molecule has 1 aromatic heterocycles. The number of hydrogen-bond donors (Lipinski definition) is 2. The molecule has 0 bridgehead atoms. The molecule has 4 nitrogen and oxygen atoms in total. The lowest BCUT2D eigenvalue weighted by Gasteiger charge is -2.11. The Morgan fingerprint density at radius 2 is 2.09 bits per heavy atom. The van der Waals surface area contributed by atoms with E-state index in [0.29, 0.717) is 5.92 Å². The fourth-order valence-corrected chi connectivity index (χ4v) is 2.58. The molecule has 0 spiro atoms. The van der Waals surface area contributed by atoms with Crippen LogP contribution in [0.4, 0.5) is 0 Å². The summed E-state index contributed by atoms with van der Waals surface area (Å²) < 4.78 is 5.57. The number of guanidine groups is 1. The molecule has 0 amide bonds. The Morgan fingerprint density at radius 1 is 1.32 bits per heavy atom. The van der Waals surface area contributed by atoms with Gasteiger partial charge >= 0.3 is 0 Å². The first-order valence-electron chi connectivity index (χ1n) is 7.77. The topological polar surface area (TPSA) is 45.7 Å². The third-order valence-electron chi connectivity index (χ3n) is 2.74. The van der Waals surface area contributed by atoms with Crippen LogP contribution in [0.15, 0.2) is 17.1 Å². The maximum atomic E-state index is 5.57. The number of ether oxygens (including phenoxy) is 1. The molecule has 22 heavy (non-hydrogen) atoms. The van der Waals surface area contributed by atoms with Gasteiger partial charge in [-0.3, -0.25) is 0 Å². The van der Waals surface area contributed by atoms with Gasteiger partial charge in [0.2, 0.25) is 0 Å². The van der Waals surface area contributed by atoms with Crippen LogP contribution in [-0.2, 0) is 11.3 Å². The molecular weight excluding hydrogens is 409 g/mol. The molecule has 0 unspecified atom stereocenters. The first-order chi connectivity index (χ1) is 10.1. The summed E-state index contributed by atoms with van der Waals surface area (Å²) in [4.78, 5) is 7.24. The van der Waals surface area contributed by atoms with Crippen molar-refractivity contribution in [3.8, 4) is 0 Å². The summed E-state index contributed by atoms with van der Waals surface area (Å²) in [5.41, 5.74) is 0. The Hall–Kier alpha value is -0.340. The standard InChI is InChI=1S/C16H29N3OS.HI/c1-5-17-16(18-9-6-10-20-12-13(2)3)19-11-15-8-7-14(4)21-15;/h7-8,13H,5-6,9-12H2,1-4H3,(H2,17,18,19);1H. The minimum Gasteiger partial charge on any atom is -0.381 e. The molecule has 1 rings (SSSR count). The molecule has 0 aliphatic carbocycles. The Balaban J connectivity index is 0.00000441. The molecule has 0 aromatic carbocycles. The fraction of sp³-hybridized carbons (Fsp3) is 0.688. The van der Waals surface area contributed by atoms with Gasteiger partial charge in [0.1, 0.15) is 0 Å².